The maximum absolute atomic E-state index is 6.21. The SMILES string of the molecule is NNC(Cc1ccc(Br)cc1Cl)C1CCOC1. The summed E-state index contributed by atoms with van der Waals surface area (Å²) in [7, 11) is 0. The lowest BCUT2D eigenvalue weighted by atomic mass is 9.93. The third-order valence-corrected chi connectivity index (χ3v) is 4.05. The van der Waals surface area contributed by atoms with E-state index in [0.717, 1.165) is 41.1 Å². The second-order valence-electron chi connectivity index (χ2n) is 4.34. The van der Waals surface area contributed by atoms with Crippen molar-refractivity contribution in [3.05, 3.63) is 33.3 Å². The predicted octanol–water partition coefficient (Wildman–Crippen LogP) is 2.51. The van der Waals surface area contributed by atoms with Crippen molar-refractivity contribution < 1.29 is 4.74 Å². The Kier molecular flexibility index (Phi) is 4.82. The van der Waals surface area contributed by atoms with Gasteiger partial charge in [0.1, 0.15) is 0 Å². The lowest BCUT2D eigenvalue weighted by Crippen LogP contribution is -2.42. The summed E-state index contributed by atoms with van der Waals surface area (Å²) >= 11 is 9.61. The first-order valence-corrected chi connectivity index (χ1v) is 6.85. The molecular weight excluding hydrogens is 304 g/mol. The van der Waals surface area contributed by atoms with E-state index in [1.54, 1.807) is 0 Å². The van der Waals surface area contributed by atoms with Crippen LogP contribution in [0.2, 0.25) is 5.02 Å². The maximum Gasteiger partial charge on any atom is 0.0510 e. The van der Waals surface area contributed by atoms with Crippen LogP contribution in [0.4, 0.5) is 0 Å². The number of nitrogens with one attached hydrogen (secondary N) is 1. The van der Waals surface area contributed by atoms with Crippen molar-refractivity contribution in [1.82, 2.24) is 5.43 Å². The molecule has 0 aromatic heterocycles. The summed E-state index contributed by atoms with van der Waals surface area (Å²) in [5.41, 5.74) is 4.00. The fourth-order valence-corrected chi connectivity index (χ4v) is 2.91. The van der Waals surface area contributed by atoms with E-state index >= 15 is 0 Å². The van der Waals surface area contributed by atoms with Crippen molar-refractivity contribution in [2.24, 2.45) is 11.8 Å². The van der Waals surface area contributed by atoms with Crippen LogP contribution in [-0.4, -0.2) is 19.3 Å². The van der Waals surface area contributed by atoms with Crippen LogP contribution in [0.15, 0.2) is 22.7 Å². The van der Waals surface area contributed by atoms with E-state index in [-0.39, 0.29) is 6.04 Å². The number of hydrazine groups is 1. The van der Waals surface area contributed by atoms with Crippen molar-refractivity contribution in [3.8, 4) is 0 Å². The van der Waals surface area contributed by atoms with Crippen molar-refractivity contribution in [3.63, 3.8) is 0 Å². The molecule has 2 rings (SSSR count). The molecule has 17 heavy (non-hydrogen) atoms. The van der Waals surface area contributed by atoms with Gasteiger partial charge in [0.05, 0.1) is 6.61 Å². The molecule has 1 aliphatic heterocycles. The van der Waals surface area contributed by atoms with E-state index in [2.05, 4.69) is 21.4 Å². The average Bonchev–Trinajstić information content (AvgIpc) is 2.81. The van der Waals surface area contributed by atoms with Gasteiger partial charge in [-0.3, -0.25) is 11.3 Å². The van der Waals surface area contributed by atoms with E-state index in [9.17, 15) is 0 Å². The fraction of sp³-hybridized carbons (Fsp3) is 0.500. The van der Waals surface area contributed by atoms with Gasteiger partial charge in [0.25, 0.3) is 0 Å². The second kappa shape index (κ2) is 6.16. The Bertz CT molecular complexity index is 383. The molecule has 0 bridgehead atoms. The minimum absolute atomic E-state index is 0.219. The van der Waals surface area contributed by atoms with Crippen LogP contribution in [0.5, 0.6) is 0 Å². The third kappa shape index (κ3) is 3.42. The molecule has 1 aromatic rings. The minimum atomic E-state index is 0.219. The highest BCUT2D eigenvalue weighted by Crippen LogP contribution is 2.25. The summed E-state index contributed by atoms with van der Waals surface area (Å²) in [6.45, 7) is 1.61. The zero-order valence-corrected chi connectivity index (χ0v) is 11.8. The molecule has 0 aliphatic carbocycles. The molecule has 0 spiro atoms. The molecule has 1 fully saturated rings. The first-order valence-electron chi connectivity index (χ1n) is 5.68. The normalized spacial score (nSPS) is 21.7. The van der Waals surface area contributed by atoms with Gasteiger partial charge in [-0.25, -0.2) is 0 Å². The van der Waals surface area contributed by atoms with Gasteiger partial charge in [-0.1, -0.05) is 33.6 Å². The van der Waals surface area contributed by atoms with Crippen LogP contribution < -0.4 is 11.3 Å². The number of halogens is 2. The number of nitrogens with two attached hydrogens (primary N) is 1. The van der Waals surface area contributed by atoms with Crippen molar-refractivity contribution >= 4 is 27.5 Å². The van der Waals surface area contributed by atoms with Crippen LogP contribution in [-0.2, 0) is 11.2 Å². The lowest BCUT2D eigenvalue weighted by molar-refractivity contribution is 0.176. The van der Waals surface area contributed by atoms with Gasteiger partial charge in [0.2, 0.25) is 0 Å². The Morgan fingerprint density at radius 2 is 2.41 bits per heavy atom. The molecule has 1 aliphatic rings. The van der Waals surface area contributed by atoms with Gasteiger partial charge < -0.3 is 4.74 Å². The van der Waals surface area contributed by atoms with Crippen LogP contribution in [0.3, 0.4) is 0 Å². The van der Waals surface area contributed by atoms with Gasteiger partial charge in [0.15, 0.2) is 0 Å². The predicted molar refractivity (Wildman–Crippen MR) is 72.9 cm³/mol. The summed E-state index contributed by atoms with van der Waals surface area (Å²) in [5, 5.41) is 0.776. The van der Waals surface area contributed by atoms with Crippen LogP contribution >= 0.6 is 27.5 Å². The van der Waals surface area contributed by atoms with Crippen LogP contribution in [0, 0.1) is 5.92 Å². The first kappa shape index (κ1) is 13.3. The topological polar surface area (TPSA) is 47.3 Å². The molecule has 2 atom stereocenters. The number of hydrogen-bond acceptors (Lipinski definition) is 3. The van der Waals surface area contributed by atoms with Gasteiger partial charge in [0, 0.05) is 28.1 Å². The molecule has 3 nitrogen and oxygen atoms in total. The molecule has 1 aromatic carbocycles. The number of benzene rings is 1. The molecule has 0 amide bonds. The van der Waals surface area contributed by atoms with E-state index in [1.807, 2.05) is 18.2 Å². The molecule has 5 heteroatoms. The van der Waals surface area contributed by atoms with E-state index in [4.69, 9.17) is 22.2 Å². The van der Waals surface area contributed by atoms with Gasteiger partial charge in [-0.2, -0.15) is 0 Å². The molecule has 94 valence electrons. The molecule has 3 N–H and O–H groups in total. The molecule has 1 heterocycles. The Hall–Kier alpha value is -0.130. The lowest BCUT2D eigenvalue weighted by Gasteiger charge is -2.22. The van der Waals surface area contributed by atoms with Crippen molar-refractivity contribution in [1.29, 1.82) is 0 Å². The number of hydrogen-bond donors (Lipinski definition) is 2. The smallest absolute Gasteiger partial charge is 0.0510 e. The maximum atomic E-state index is 6.21. The van der Waals surface area contributed by atoms with Crippen molar-refractivity contribution in [2.45, 2.75) is 18.9 Å². The van der Waals surface area contributed by atoms with Gasteiger partial charge in [-0.15, -0.1) is 0 Å². The zero-order chi connectivity index (χ0) is 12.3. The highest BCUT2D eigenvalue weighted by Gasteiger charge is 2.25. The van der Waals surface area contributed by atoms with Crippen LogP contribution in [0.1, 0.15) is 12.0 Å². The summed E-state index contributed by atoms with van der Waals surface area (Å²) in [6, 6.07) is 6.17. The van der Waals surface area contributed by atoms with Crippen molar-refractivity contribution in [2.75, 3.05) is 13.2 Å². The fourth-order valence-electron chi connectivity index (χ4n) is 2.16. The Morgan fingerprint density at radius 1 is 1.59 bits per heavy atom. The van der Waals surface area contributed by atoms with Gasteiger partial charge in [-0.05, 0) is 30.5 Å². The first-order chi connectivity index (χ1) is 8.20. The van der Waals surface area contributed by atoms with E-state index < -0.39 is 0 Å². The van der Waals surface area contributed by atoms with Crippen LogP contribution in [0.25, 0.3) is 0 Å². The molecule has 1 saturated heterocycles. The number of rotatable bonds is 4. The van der Waals surface area contributed by atoms with E-state index in [0.29, 0.717) is 5.92 Å². The molecule has 2 unspecified atom stereocenters. The minimum Gasteiger partial charge on any atom is -0.381 e. The molecular formula is C12H16BrClN2O. The monoisotopic (exact) mass is 318 g/mol. The third-order valence-electron chi connectivity index (χ3n) is 3.20. The molecule has 0 saturated carbocycles. The quantitative estimate of drug-likeness (QED) is 0.662. The Morgan fingerprint density at radius 3 is 3.00 bits per heavy atom. The summed E-state index contributed by atoms with van der Waals surface area (Å²) in [6.07, 6.45) is 1.89. The zero-order valence-electron chi connectivity index (χ0n) is 9.46. The largest absolute Gasteiger partial charge is 0.381 e. The average molecular weight is 320 g/mol. The van der Waals surface area contributed by atoms with E-state index in [1.165, 1.54) is 0 Å². The molecule has 0 radical (unpaired) electrons. The Balaban J connectivity index is 2.06. The summed E-state index contributed by atoms with van der Waals surface area (Å²) < 4.78 is 6.38. The highest BCUT2D eigenvalue weighted by atomic mass is 79.9. The number of ether oxygens (including phenoxy) is 1. The highest BCUT2D eigenvalue weighted by molar-refractivity contribution is 9.10. The Labute approximate surface area is 115 Å². The summed E-state index contributed by atoms with van der Waals surface area (Å²) in [5.74, 6) is 6.09. The second-order valence-corrected chi connectivity index (χ2v) is 5.66. The van der Waals surface area contributed by atoms with Gasteiger partial charge >= 0.3 is 0 Å². The standard InChI is InChI=1S/C12H16BrClN2O/c13-10-2-1-8(11(14)6-10)5-12(16-15)9-3-4-17-7-9/h1-2,6,9,12,16H,3-5,7,15H2. The summed E-state index contributed by atoms with van der Waals surface area (Å²) in [4.78, 5) is 0.